The second-order valence-electron chi connectivity index (χ2n) is 1.83. The van der Waals surface area contributed by atoms with E-state index in [2.05, 4.69) is 0 Å². The van der Waals surface area contributed by atoms with Crippen LogP contribution in [0.1, 0.15) is 5.56 Å². The Morgan fingerprint density at radius 3 is 2.67 bits per heavy atom. The number of rotatable bonds is 1. The Kier molecular flexibility index (Phi) is 2.12. The third kappa shape index (κ3) is 1.72. The third-order valence-corrected chi connectivity index (χ3v) is 1.36. The first-order chi connectivity index (χ1) is 4.33. The average Bonchev–Trinajstić information content (AvgIpc) is 1.88. The van der Waals surface area contributed by atoms with Gasteiger partial charge in [0.15, 0.2) is 0 Å². The molecule has 0 nitrogen and oxygen atoms in total. The smallest absolute Gasteiger partial charge is 0.0408 e. The molecule has 1 aromatic carbocycles. The summed E-state index contributed by atoms with van der Waals surface area (Å²) in [5.74, 6) is 0. The van der Waals surface area contributed by atoms with Crippen molar-refractivity contribution in [3.63, 3.8) is 0 Å². The van der Waals surface area contributed by atoms with Crippen molar-refractivity contribution in [1.29, 1.82) is 0 Å². The standard InChI is InChI=1S/C8H7Cl/c1-2-7-4-3-5-8(9)6-7/h1,3-6H,2H2. The van der Waals surface area contributed by atoms with Gasteiger partial charge in [-0.15, -0.1) is 0 Å². The first-order valence-electron chi connectivity index (χ1n) is 2.77. The van der Waals surface area contributed by atoms with Crippen molar-refractivity contribution in [3.05, 3.63) is 41.8 Å². The number of benzene rings is 1. The summed E-state index contributed by atoms with van der Waals surface area (Å²) >= 11 is 5.67. The van der Waals surface area contributed by atoms with E-state index in [0.717, 1.165) is 10.6 Å². The molecular weight excluding hydrogens is 132 g/mol. The minimum Gasteiger partial charge on any atom is -0.0843 e. The first-order valence-corrected chi connectivity index (χ1v) is 3.15. The second-order valence-corrected chi connectivity index (χ2v) is 2.27. The molecule has 2 radical (unpaired) electrons. The highest BCUT2D eigenvalue weighted by Crippen LogP contribution is 2.10. The summed E-state index contributed by atoms with van der Waals surface area (Å²) in [5.41, 5.74) is 1.07. The zero-order chi connectivity index (χ0) is 6.69. The van der Waals surface area contributed by atoms with E-state index in [1.54, 1.807) is 0 Å². The summed E-state index contributed by atoms with van der Waals surface area (Å²) in [6.45, 7) is 5.36. The molecule has 0 aliphatic carbocycles. The summed E-state index contributed by atoms with van der Waals surface area (Å²) in [4.78, 5) is 0. The minimum absolute atomic E-state index is 0.556. The van der Waals surface area contributed by atoms with Gasteiger partial charge in [-0.05, 0) is 31.0 Å². The number of hydrogen-bond donors (Lipinski definition) is 0. The molecule has 1 rings (SSSR count). The zero-order valence-corrected chi connectivity index (χ0v) is 5.73. The van der Waals surface area contributed by atoms with E-state index in [0.29, 0.717) is 6.42 Å². The molecule has 0 saturated heterocycles. The normalized spacial score (nSPS) is 9.56. The van der Waals surface area contributed by atoms with Crippen molar-refractivity contribution in [2.24, 2.45) is 0 Å². The molecule has 9 heavy (non-hydrogen) atoms. The van der Waals surface area contributed by atoms with Crippen molar-refractivity contribution in [3.8, 4) is 0 Å². The lowest BCUT2D eigenvalue weighted by molar-refractivity contribution is 1.27. The van der Waals surface area contributed by atoms with Crippen LogP contribution in [0.5, 0.6) is 0 Å². The molecule has 0 aliphatic heterocycles. The fourth-order valence-corrected chi connectivity index (χ4v) is 0.877. The van der Waals surface area contributed by atoms with Gasteiger partial charge >= 0.3 is 0 Å². The second kappa shape index (κ2) is 2.88. The monoisotopic (exact) mass is 138 g/mol. The quantitative estimate of drug-likeness (QED) is 0.560. The lowest BCUT2D eigenvalue weighted by atomic mass is 10.2. The van der Waals surface area contributed by atoms with Crippen molar-refractivity contribution >= 4 is 11.6 Å². The number of hydrogen-bond acceptors (Lipinski definition) is 0. The van der Waals surface area contributed by atoms with E-state index in [9.17, 15) is 0 Å². The topological polar surface area (TPSA) is 0 Å². The Labute approximate surface area is 60.5 Å². The molecule has 0 bridgehead atoms. The molecule has 0 unspecified atom stereocenters. The highest BCUT2D eigenvalue weighted by Gasteiger charge is 1.87. The molecular formula is C8H7Cl. The van der Waals surface area contributed by atoms with Crippen LogP contribution < -0.4 is 0 Å². The molecule has 1 heteroatoms. The molecule has 0 aliphatic rings. The van der Waals surface area contributed by atoms with Crippen LogP contribution in [0.15, 0.2) is 24.3 Å². The van der Waals surface area contributed by atoms with E-state index in [1.807, 2.05) is 24.3 Å². The molecule has 0 spiro atoms. The fraction of sp³-hybridized carbons (Fsp3) is 0.125. The number of halogens is 1. The van der Waals surface area contributed by atoms with Crippen LogP contribution in [-0.4, -0.2) is 0 Å². The third-order valence-electron chi connectivity index (χ3n) is 1.12. The molecule has 0 saturated carbocycles. The molecule has 46 valence electrons. The summed E-state index contributed by atoms with van der Waals surface area (Å²) in [6, 6.07) is 7.54. The molecule has 1 aromatic rings. The predicted molar refractivity (Wildman–Crippen MR) is 39.5 cm³/mol. The van der Waals surface area contributed by atoms with E-state index in [-0.39, 0.29) is 0 Å². The minimum atomic E-state index is 0.556. The SMILES string of the molecule is [CH]Cc1cccc(Cl)c1. The maximum Gasteiger partial charge on any atom is 0.0408 e. The maximum absolute atomic E-state index is 5.67. The summed E-state index contributed by atoms with van der Waals surface area (Å²) < 4.78 is 0. The van der Waals surface area contributed by atoms with Crippen LogP contribution in [0.25, 0.3) is 0 Å². The fourth-order valence-electron chi connectivity index (χ4n) is 0.664. The summed E-state index contributed by atoms with van der Waals surface area (Å²) in [7, 11) is 0. The van der Waals surface area contributed by atoms with E-state index in [4.69, 9.17) is 18.5 Å². The Morgan fingerprint density at radius 2 is 2.22 bits per heavy atom. The Balaban J connectivity index is 2.94. The summed E-state index contributed by atoms with van der Waals surface area (Å²) in [6.07, 6.45) is 0.556. The van der Waals surface area contributed by atoms with Gasteiger partial charge in [0.05, 0.1) is 0 Å². The van der Waals surface area contributed by atoms with Crippen molar-refractivity contribution < 1.29 is 0 Å². The van der Waals surface area contributed by atoms with Gasteiger partial charge in [-0.2, -0.15) is 0 Å². The van der Waals surface area contributed by atoms with Gasteiger partial charge in [0.1, 0.15) is 0 Å². The van der Waals surface area contributed by atoms with Gasteiger partial charge in [0.2, 0.25) is 0 Å². The van der Waals surface area contributed by atoms with E-state index in [1.165, 1.54) is 0 Å². The van der Waals surface area contributed by atoms with Crippen LogP contribution in [0.3, 0.4) is 0 Å². The molecule has 0 heterocycles. The van der Waals surface area contributed by atoms with Crippen molar-refractivity contribution in [2.45, 2.75) is 6.42 Å². The van der Waals surface area contributed by atoms with Crippen LogP contribution in [-0.2, 0) is 6.42 Å². The van der Waals surface area contributed by atoms with Gasteiger partial charge < -0.3 is 0 Å². The van der Waals surface area contributed by atoms with Crippen LogP contribution >= 0.6 is 11.6 Å². The van der Waals surface area contributed by atoms with Gasteiger partial charge in [-0.3, -0.25) is 0 Å². The molecule has 0 amide bonds. The average molecular weight is 139 g/mol. The highest BCUT2D eigenvalue weighted by atomic mass is 35.5. The van der Waals surface area contributed by atoms with Gasteiger partial charge in [0.25, 0.3) is 0 Å². The molecule has 0 N–H and O–H groups in total. The zero-order valence-electron chi connectivity index (χ0n) is 4.97. The molecule has 0 aromatic heterocycles. The van der Waals surface area contributed by atoms with E-state index < -0.39 is 0 Å². The Hall–Kier alpha value is -0.490. The van der Waals surface area contributed by atoms with Crippen molar-refractivity contribution in [1.82, 2.24) is 0 Å². The van der Waals surface area contributed by atoms with Crippen molar-refractivity contribution in [2.75, 3.05) is 0 Å². The predicted octanol–water partition coefficient (Wildman–Crippen LogP) is 2.59. The Morgan fingerprint density at radius 1 is 1.44 bits per heavy atom. The van der Waals surface area contributed by atoms with Crippen LogP contribution in [0.4, 0.5) is 0 Å². The highest BCUT2D eigenvalue weighted by molar-refractivity contribution is 6.30. The first kappa shape index (κ1) is 6.63. The van der Waals surface area contributed by atoms with Crippen LogP contribution in [0.2, 0.25) is 5.02 Å². The van der Waals surface area contributed by atoms with Gasteiger partial charge in [0, 0.05) is 5.02 Å². The Bertz CT molecular complexity index is 194. The summed E-state index contributed by atoms with van der Waals surface area (Å²) in [5, 5.41) is 0.748. The van der Waals surface area contributed by atoms with E-state index >= 15 is 0 Å². The maximum atomic E-state index is 5.67. The molecule has 0 fully saturated rings. The largest absolute Gasteiger partial charge is 0.0843 e. The van der Waals surface area contributed by atoms with Gasteiger partial charge in [-0.1, -0.05) is 23.7 Å². The lowest BCUT2D eigenvalue weighted by Gasteiger charge is -1.93. The van der Waals surface area contributed by atoms with Gasteiger partial charge in [-0.25, -0.2) is 0 Å². The molecule has 0 atom stereocenters. The van der Waals surface area contributed by atoms with Crippen LogP contribution in [0, 0.1) is 6.92 Å². The lowest BCUT2D eigenvalue weighted by Crippen LogP contribution is -1.76.